The topological polar surface area (TPSA) is 16.4 Å². The third-order valence-corrected chi connectivity index (χ3v) is 5.28. The van der Waals surface area contributed by atoms with Gasteiger partial charge in [-0.3, -0.25) is 4.90 Å². The zero-order valence-electron chi connectivity index (χ0n) is 14.2. The summed E-state index contributed by atoms with van der Waals surface area (Å²) >= 11 is 0. The number of likely N-dealkylation sites (tertiary alicyclic amines) is 1. The smallest absolute Gasteiger partial charge is 0.166 e. The molecule has 3 aromatic rings. The second-order valence-corrected chi connectivity index (χ2v) is 7.02. The number of fused-ring (bicyclic) bond motifs is 1. The maximum absolute atomic E-state index is 14.6. The summed E-state index contributed by atoms with van der Waals surface area (Å²) in [5.74, 6) is -1.35. The summed E-state index contributed by atoms with van der Waals surface area (Å²) in [6, 6.07) is 13.2. The Morgan fingerprint density at radius 2 is 1.96 bits per heavy atom. The van der Waals surface area contributed by atoms with E-state index in [2.05, 4.69) is 24.0 Å². The van der Waals surface area contributed by atoms with E-state index in [1.165, 1.54) is 17.9 Å². The Morgan fingerprint density at radius 1 is 1.16 bits per heavy atom. The van der Waals surface area contributed by atoms with Gasteiger partial charge < -0.3 is 4.42 Å². The fourth-order valence-electron chi connectivity index (χ4n) is 4.06. The average molecular weight is 341 g/mol. The van der Waals surface area contributed by atoms with Crippen molar-refractivity contribution in [3.63, 3.8) is 0 Å². The van der Waals surface area contributed by atoms with Gasteiger partial charge in [0.15, 0.2) is 11.6 Å². The summed E-state index contributed by atoms with van der Waals surface area (Å²) in [7, 11) is 0. The molecule has 1 saturated heterocycles. The van der Waals surface area contributed by atoms with Gasteiger partial charge in [-0.2, -0.15) is 0 Å². The molecule has 0 unspecified atom stereocenters. The molecular weight excluding hydrogens is 320 g/mol. The van der Waals surface area contributed by atoms with Gasteiger partial charge in [-0.05, 0) is 42.5 Å². The van der Waals surface area contributed by atoms with Crippen LogP contribution in [-0.2, 0) is 6.54 Å². The predicted molar refractivity (Wildman–Crippen MR) is 94.4 cm³/mol. The largest absolute Gasteiger partial charge is 0.464 e. The molecule has 2 aromatic carbocycles. The molecule has 1 aliphatic heterocycles. The molecule has 2 atom stereocenters. The van der Waals surface area contributed by atoms with E-state index in [0.29, 0.717) is 16.5 Å². The van der Waals surface area contributed by atoms with Crippen LogP contribution in [0.3, 0.4) is 0 Å². The quantitative estimate of drug-likeness (QED) is 0.640. The maximum atomic E-state index is 14.6. The Morgan fingerprint density at radius 3 is 2.72 bits per heavy atom. The molecule has 0 saturated carbocycles. The third-order valence-electron chi connectivity index (χ3n) is 5.28. The summed E-state index contributed by atoms with van der Waals surface area (Å²) in [6.45, 7) is 4.72. The maximum Gasteiger partial charge on any atom is 0.166 e. The van der Waals surface area contributed by atoms with Crippen LogP contribution in [0, 0.1) is 17.6 Å². The summed E-state index contributed by atoms with van der Waals surface area (Å²) in [4.78, 5) is 2.38. The molecule has 0 amide bonds. The predicted octanol–water partition coefficient (Wildman–Crippen LogP) is 5.34. The first-order valence-corrected chi connectivity index (χ1v) is 8.75. The summed E-state index contributed by atoms with van der Waals surface area (Å²) in [5, 5.41) is 0.632. The first-order chi connectivity index (χ1) is 12.1. The van der Waals surface area contributed by atoms with E-state index in [-0.39, 0.29) is 11.8 Å². The molecule has 0 radical (unpaired) electrons. The van der Waals surface area contributed by atoms with Crippen LogP contribution in [0.25, 0.3) is 11.0 Å². The van der Waals surface area contributed by atoms with Crippen molar-refractivity contribution < 1.29 is 13.2 Å². The van der Waals surface area contributed by atoms with E-state index in [1.807, 2.05) is 18.2 Å². The minimum atomic E-state index is -0.789. The summed E-state index contributed by atoms with van der Waals surface area (Å²) < 4.78 is 34.1. The van der Waals surface area contributed by atoms with Gasteiger partial charge in [-0.15, -0.1) is 0 Å². The lowest BCUT2D eigenvalue weighted by molar-refractivity contribution is 0.154. The zero-order chi connectivity index (χ0) is 17.4. The number of halogens is 2. The van der Waals surface area contributed by atoms with E-state index in [1.54, 1.807) is 6.07 Å². The highest BCUT2D eigenvalue weighted by molar-refractivity contribution is 5.81. The van der Waals surface area contributed by atoms with Crippen LogP contribution in [0.5, 0.6) is 0 Å². The lowest BCUT2D eigenvalue weighted by atomic mass is 9.80. The highest BCUT2D eigenvalue weighted by Crippen LogP contribution is 2.39. The second kappa shape index (κ2) is 6.60. The van der Waals surface area contributed by atoms with Crippen molar-refractivity contribution in [1.82, 2.24) is 4.90 Å². The van der Waals surface area contributed by atoms with Crippen LogP contribution < -0.4 is 0 Å². The van der Waals surface area contributed by atoms with Gasteiger partial charge in [0.25, 0.3) is 0 Å². The molecule has 1 aromatic heterocycles. The van der Waals surface area contributed by atoms with Crippen LogP contribution in [0.4, 0.5) is 8.78 Å². The van der Waals surface area contributed by atoms with Crippen LogP contribution in [0.15, 0.2) is 53.1 Å². The van der Waals surface area contributed by atoms with Crippen molar-refractivity contribution >= 4 is 11.0 Å². The summed E-state index contributed by atoms with van der Waals surface area (Å²) in [6.07, 6.45) is 2.30. The first-order valence-electron chi connectivity index (χ1n) is 8.75. The Kier molecular flexibility index (Phi) is 4.30. The molecule has 0 N–H and O–H groups in total. The molecule has 4 heteroatoms. The highest BCUT2D eigenvalue weighted by atomic mass is 19.2. The van der Waals surface area contributed by atoms with Gasteiger partial charge in [-0.25, -0.2) is 8.78 Å². The van der Waals surface area contributed by atoms with Crippen molar-refractivity contribution in [3.05, 3.63) is 71.5 Å². The van der Waals surface area contributed by atoms with E-state index < -0.39 is 11.6 Å². The molecule has 0 bridgehead atoms. The van der Waals surface area contributed by atoms with Gasteiger partial charge in [0.05, 0.1) is 6.26 Å². The molecule has 1 aliphatic rings. The highest BCUT2D eigenvalue weighted by Gasteiger charge is 2.32. The number of hydrogen-bond donors (Lipinski definition) is 0. The van der Waals surface area contributed by atoms with E-state index in [0.717, 1.165) is 26.1 Å². The Balaban J connectivity index is 1.58. The minimum Gasteiger partial charge on any atom is -0.464 e. The number of nitrogens with zero attached hydrogens (tertiary/aromatic N) is 1. The molecule has 2 nitrogen and oxygen atoms in total. The number of benzene rings is 2. The molecule has 0 spiro atoms. The van der Waals surface area contributed by atoms with Crippen molar-refractivity contribution in [3.8, 4) is 0 Å². The standard InChI is InChI=1S/C21H21F2NO/c1-14-12-24(13-15-5-3-2-4-6-15)9-7-17(14)19-20(23)18(22)11-16-8-10-25-21(16)19/h2-6,8,10-11,14,17H,7,9,12-13H2,1H3/t14-,17+/m1/s1. The van der Waals surface area contributed by atoms with E-state index in [4.69, 9.17) is 4.42 Å². The Bertz CT molecular complexity index is 874. The fraction of sp³-hybridized carbons (Fsp3) is 0.333. The van der Waals surface area contributed by atoms with Crippen LogP contribution in [0.1, 0.15) is 30.4 Å². The van der Waals surface area contributed by atoms with Crippen molar-refractivity contribution in [2.75, 3.05) is 13.1 Å². The average Bonchev–Trinajstić information content (AvgIpc) is 3.06. The normalized spacial score (nSPS) is 21.7. The number of furan rings is 1. The molecular formula is C21H21F2NO. The monoisotopic (exact) mass is 341 g/mol. The SMILES string of the molecule is C[C@@H]1CN(Cc2ccccc2)CC[C@@H]1c1c(F)c(F)cc2ccoc12. The molecule has 1 fully saturated rings. The van der Waals surface area contributed by atoms with Gasteiger partial charge in [-0.1, -0.05) is 37.3 Å². The molecule has 2 heterocycles. The molecule has 130 valence electrons. The molecule has 0 aliphatic carbocycles. The molecule has 25 heavy (non-hydrogen) atoms. The van der Waals surface area contributed by atoms with Crippen LogP contribution >= 0.6 is 0 Å². The Labute approximate surface area is 146 Å². The van der Waals surface area contributed by atoms with Crippen molar-refractivity contribution in [1.29, 1.82) is 0 Å². The van der Waals surface area contributed by atoms with Gasteiger partial charge >= 0.3 is 0 Å². The van der Waals surface area contributed by atoms with Gasteiger partial charge in [0.2, 0.25) is 0 Å². The second-order valence-electron chi connectivity index (χ2n) is 7.02. The minimum absolute atomic E-state index is 0.0311. The van der Waals surface area contributed by atoms with Crippen LogP contribution in [0.2, 0.25) is 0 Å². The lowest BCUT2D eigenvalue weighted by Gasteiger charge is -2.37. The first kappa shape index (κ1) is 16.3. The van der Waals surface area contributed by atoms with Crippen molar-refractivity contribution in [2.24, 2.45) is 5.92 Å². The number of piperidine rings is 1. The molecule has 4 rings (SSSR count). The van der Waals surface area contributed by atoms with Gasteiger partial charge in [0, 0.05) is 24.0 Å². The zero-order valence-corrected chi connectivity index (χ0v) is 14.2. The third kappa shape index (κ3) is 3.07. The van der Waals surface area contributed by atoms with E-state index >= 15 is 0 Å². The number of rotatable bonds is 3. The van der Waals surface area contributed by atoms with Crippen LogP contribution in [-0.4, -0.2) is 18.0 Å². The van der Waals surface area contributed by atoms with E-state index in [9.17, 15) is 8.78 Å². The number of hydrogen-bond acceptors (Lipinski definition) is 2. The van der Waals surface area contributed by atoms with Gasteiger partial charge in [0.1, 0.15) is 5.58 Å². The Hall–Kier alpha value is -2.20. The lowest BCUT2D eigenvalue weighted by Crippen LogP contribution is -2.38. The van der Waals surface area contributed by atoms with Crippen molar-refractivity contribution in [2.45, 2.75) is 25.8 Å². The summed E-state index contributed by atoms with van der Waals surface area (Å²) in [5.41, 5.74) is 2.18. The fourth-order valence-corrected chi connectivity index (χ4v) is 4.06.